The van der Waals surface area contributed by atoms with Crippen molar-refractivity contribution in [3.8, 4) is 0 Å². The minimum Gasteiger partial charge on any atom is -0.370 e. The molecule has 2 heterocycles. The first-order valence-corrected chi connectivity index (χ1v) is 19.6. The zero-order chi connectivity index (χ0) is 41.0. The molecule has 0 fully saturated rings. The number of para-hydroxylation sites is 1. The van der Waals surface area contributed by atoms with Crippen molar-refractivity contribution in [1.29, 1.82) is 0 Å². The van der Waals surface area contributed by atoms with E-state index in [0.717, 1.165) is 54.1 Å². The number of benzene rings is 2. The van der Waals surface area contributed by atoms with Gasteiger partial charge in [0.2, 0.25) is 29.5 Å². The third kappa shape index (κ3) is 14.8. The van der Waals surface area contributed by atoms with Crippen LogP contribution in [0, 0.1) is 0 Å². The molecule has 0 saturated heterocycles. The lowest BCUT2D eigenvalue weighted by atomic mass is 10.0. The predicted molar refractivity (Wildman–Crippen MR) is 219 cm³/mol. The molecule has 0 aliphatic carbocycles. The van der Waals surface area contributed by atoms with Gasteiger partial charge in [-0.2, -0.15) is 0 Å². The molecule has 4 rings (SSSR count). The van der Waals surface area contributed by atoms with Gasteiger partial charge in [-0.1, -0.05) is 87.6 Å². The minimum atomic E-state index is -1.16. The van der Waals surface area contributed by atoms with Crippen molar-refractivity contribution >= 4 is 46.4 Å². The Morgan fingerprint density at radius 1 is 0.702 bits per heavy atom. The molecule has 2 aromatic heterocycles. The molecule has 0 saturated carbocycles. The van der Waals surface area contributed by atoms with Gasteiger partial charge < -0.3 is 48.4 Å². The standard InChI is InChI=1S/C41H57N11O5/c1-2-3-4-5-6-10-19-36(53)49-35(23-29-25-45-26-48-29)40(57)52-34(21-27-14-8-7-9-15-27)39(56)50-32(18-13-20-46-41(43)44)38(55)51-33(37(42)54)22-28-24-47-31-17-12-11-16-30(28)31/h7-9,11-12,14-17,24-26,32-35,47H,2-6,10,13,18-23H2,1H3,(H2,42,54)(H,45,48)(H,49,53)(H,50,56)(H,51,55)(H,52,57)(H4,43,44,46)/t32-,33-,34+,35-/m0/s1. The number of aromatic amines is 2. The van der Waals surface area contributed by atoms with Gasteiger partial charge in [-0.15, -0.1) is 0 Å². The molecule has 0 unspecified atom stereocenters. The molecule has 16 nitrogen and oxygen atoms in total. The predicted octanol–water partition coefficient (Wildman–Crippen LogP) is 2.15. The van der Waals surface area contributed by atoms with Crippen LogP contribution in [0.5, 0.6) is 0 Å². The summed E-state index contributed by atoms with van der Waals surface area (Å²) >= 11 is 0. The lowest BCUT2D eigenvalue weighted by Gasteiger charge is -2.26. The first kappa shape index (κ1) is 43.5. The molecule has 4 atom stereocenters. The maximum atomic E-state index is 14.2. The van der Waals surface area contributed by atoms with Crippen molar-refractivity contribution in [3.63, 3.8) is 0 Å². The largest absolute Gasteiger partial charge is 0.370 e. The Morgan fingerprint density at radius 3 is 2.05 bits per heavy atom. The van der Waals surface area contributed by atoms with E-state index >= 15 is 0 Å². The summed E-state index contributed by atoms with van der Waals surface area (Å²) in [6.45, 7) is 2.32. The van der Waals surface area contributed by atoms with Crippen molar-refractivity contribution in [2.75, 3.05) is 6.54 Å². The van der Waals surface area contributed by atoms with Crippen LogP contribution in [0.4, 0.5) is 0 Å². The van der Waals surface area contributed by atoms with E-state index in [1.807, 2.05) is 54.6 Å². The zero-order valence-electron chi connectivity index (χ0n) is 32.6. The van der Waals surface area contributed by atoms with Crippen LogP contribution in [-0.4, -0.2) is 81.2 Å². The second-order valence-corrected chi connectivity index (χ2v) is 14.2. The topological polar surface area (TPSA) is 268 Å². The quantitative estimate of drug-likeness (QED) is 0.0272. The van der Waals surface area contributed by atoms with Crippen LogP contribution in [0.25, 0.3) is 10.9 Å². The zero-order valence-corrected chi connectivity index (χ0v) is 32.6. The average molecular weight is 784 g/mol. The summed E-state index contributed by atoms with van der Waals surface area (Å²) < 4.78 is 0. The summed E-state index contributed by atoms with van der Waals surface area (Å²) in [6, 6.07) is 12.2. The molecule has 16 heteroatoms. The number of nitrogens with one attached hydrogen (secondary N) is 6. The Hall–Kier alpha value is -6.19. The normalized spacial score (nSPS) is 13.1. The maximum Gasteiger partial charge on any atom is 0.243 e. The number of carbonyl (C=O) groups is 5. The van der Waals surface area contributed by atoms with Gasteiger partial charge in [-0.25, -0.2) is 4.98 Å². The Balaban J connectivity index is 1.52. The second kappa shape index (κ2) is 23.0. The van der Waals surface area contributed by atoms with Crippen molar-refractivity contribution < 1.29 is 24.0 Å². The van der Waals surface area contributed by atoms with E-state index in [1.165, 1.54) is 6.33 Å². The number of imidazole rings is 1. The molecule has 12 N–H and O–H groups in total. The number of hydrogen-bond acceptors (Lipinski definition) is 7. The van der Waals surface area contributed by atoms with Crippen LogP contribution in [0.2, 0.25) is 0 Å². The number of amides is 5. The molecule has 0 bridgehead atoms. The van der Waals surface area contributed by atoms with Gasteiger partial charge in [-0.05, 0) is 36.5 Å². The summed E-state index contributed by atoms with van der Waals surface area (Å²) in [7, 11) is 0. The van der Waals surface area contributed by atoms with Crippen LogP contribution in [-0.2, 0) is 43.2 Å². The van der Waals surface area contributed by atoms with Crippen LogP contribution in [0.1, 0.15) is 81.5 Å². The molecule has 0 spiro atoms. The smallest absolute Gasteiger partial charge is 0.243 e. The lowest BCUT2D eigenvalue weighted by Crippen LogP contribution is -2.59. The van der Waals surface area contributed by atoms with Gasteiger partial charge >= 0.3 is 0 Å². The molecule has 4 aromatic rings. The average Bonchev–Trinajstić information content (AvgIpc) is 3.87. The number of rotatable bonds is 25. The van der Waals surface area contributed by atoms with Crippen molar-refractivity contribution in [2.24, 2.45) is 22.2 Å². The van der Waals surface area contributed by atoms with Gasteiger partial charge in [-0.3, -0.25) is 29.0 Å². The molecule has 0 aliphatic heterocycles. The Morgan fingerprint density at radius 2 is 1.35 bits per heavy atom. The van der Waals surface area contributed by atoms with Crippen LogP contribution >= 0.6 is 0 Å². The molecule has 0 aliphatic rings. The monoisotopic (exact) mass is 783 g/mol. The van der Waals surface area contributed by atoms with Crippen molar-refractivity contribution in [2.45, 2.75) is 108 Å². The number of fused-ring (bicyclic) bond motifs is 1. The van der Waals surface area contributed by atoms with Gasteiger partial charge in [0, 0.05) is 61.2 Å². The number of H-pyrrole nitrogens is 2. The molecule has 306 valence electrons. The molecule has 5 amide bonds. The van der Waals surface area contributed by atoms with E-state index in [0.29, 0.717) is 18.5 Å². The fourth-order valence-electron chi connectivity index (χ4n) is 6.55. The molecular weight excluding hydrogens is 727 g/mol. The summed E-state index contributed by atoms with van der Waals surface area (Å²) in [4.78, 5) is 82.0. The highest BCUT2D eigenvalue weighted by Gasteiger charge is 2.32. The fourth-order valence-corrected chi connectivity index (χ4v) is 6.55. The summed E-state index contributed by atoms with van der Waals surface area (Å²) in [6.07, 6.45) is 11.8. The van der Waals surface area contributed by atoms with E-state index in [4.69, 9.17) is 17.2 Å². The molecular formula is C41H57N11O5. The number of guanidine groups is 1. The molecule has 2 aromatic carbocycles. The number of unbranched alkanes of at least 4 members (excludes halogenated alkanes) is 5. The van der Waals surface area contributed by atoms with Crippen molar-refractivity contribution in [1.82, 2.24) is 36.2 Å². The number of nitrogens with zero attached hydrogens (tertiary/aromatic N) is 2. The fraction of sp³-hybridized carbons (Fsp3) is 0.439. The number of nitrogens with two attached hydrogens (primary N) is 3. The first-order valence-electron chi connectivity index (χ1n) is 19.6. The Labute approximate surface area is 333 Å². The minimum absolute atomic E-state index is 0.0771. The van der Waals surface area contributed by atoms with Crippen molar-refractivity contribution in [3.05, 3.63) is 90.1 Å². The van der Waals surface area contributed by atoms with E-state index in [9.17, 15) is 24.0 Å². The first-order chi connectivity index (χ1) is 27.5. The highest BCUT2D eigenvalue weighted by atomic mass is 16.2. The van der Waals surface area contributed by atoms with Gasteiger partial charge in [0.15, 0.2) is 5.96 Å². The summed E-state index contributed by atoms with van der Waals surface area (Å²) in [5.41, 5.74) is 19.8. The van der Waals surface area contributed by atoms with Gasteiger partial charge in [0.1, 0.15) is 24.2 Å². The molecule has 57 heavy (non-hydrogen) atoms. The number of hydrogen-bond donors (Lipinski definition) is 9. The number of aromatic nitrogens is 3. The lowest BCUT2D eigenvalue weighted by molar-refractivity contribution is -0.134. The van der Waals surface area contributed by atoms with E-state index in [-0.39, 0.29) is 50.5 Å². The van der Waals surface area contributed by atoms with Crippen LogP contribution in [0.3, 0.4) is 0 Å². The highest BCUT2D eigenvalue weighted by Crippen LogP contribution is 2.19. The third-order valence-corrected chi connectivity index (χ3v) is 9.64. The number of primary amides is 1. The molecule has 0 radical (unpaired) electrons. The Bertz CT molecular complexity index is 1910. The highest BCUT2D eigenvalue weighted by molar-refractivity contribution is 5.96. The van der Waals surface area contributed by atoms with E-state index in [1.54, 1.807) is 12.4 Å². The summed E-state index contributed by atoms with van der Waals surface area (Å²) in [5, 5.41) is 12.1. The number of carbonyl (C=O) groups excluding carboxylic acids is 5. The third-order valence-electron chi connectivity index (χ3n) is 9.64. The number of aliphatic imine (C=N–C) groups is 1. The van der Waals surface area contributed by atoms with E-state index < -0.39 is 47.8 Å². The SMILES string of the molecule is CCCCCCCCC(=O)N[C@@H](Cc1cnc[nH]1)C(=O)N[C@H](Cc1ccccc1)C(=O)N[C@@H](CCCN=C(N)N)C(=O)N[C@@H](Cc1c[nH]c2ccccc12)C(N)=O. The second-order valence-electron chi connectivity index (χ2n) is 14.2. The summed E-state index contributed by atoms with van der Waals surface area (Å²) in [5.74, 6) is -3.04. The Kier molecular flexibility index (Phi) is 17.6. The van der Waals surface area contributed by atoms with Gasteiger partial charge in [0.05, 0.1) is 6.33 Å². The van der Waals surface area contributed by atoms with E-state index in [2.05, 4.69) is 48.1 Å². The van der Waals surface area contributed by atoms with Crippen LogP contribution < -0.4 is 38.5 Å². The van der Waals surface area contributed by atoms with Crippen LogP contribution in [0.15, 0.2) is 78.3 Å². The maximum absolute atomic E-state index is 14.2. The van der Waals surface area contributed by atoms with Gasteiger partial charge in [0.25, 0.3) is 0 Å².